The highest BCUT2D eigenvalue weighted by atomic mass is 35.5. The summed E-state index contributed by atoms with van der Waals surface area (Å²) in [5.41, 5.74) is 8.17. The summed E-state index contributed by atoms with van der Waals surface area (Å²) < 4.78 is 5.51. The van der Waals surface area contributed by atoms with E-state index < -0.39 is 5.97 Å². The molecular weight excluding hydrogens is 314 g/mol. The zero-order valence-electron chi connectivity index (χ0n) is 10.5. The zero-order chi connectivity index (χ0) is 15.4. The van der Waals surface area contributed by atoms with Gasteiger partial charge in [0, 0.05) is 11.1 Å². The molecule has 0 spiro atoms. The Hall–Kier alpha value is -2.38. The molecule has 2 rings (SSSR count). The van der Waals surface area contributed by atoms with Crippen LogP contribution in [0, 0.1) is 0 Å². The van der Waals surface area contributed by atoms with Gasteiger partial charge < -0.3 is 20.1 Å². The van der Waals surface area contributed by atoms with E-state index in [0.717, 1.165) is 0 Å². The van der Waals surface area contributed by atoms with Crippen molar-refractivity contribution in [3.63, 3.8) is 0 Å². The Kier molecular flexibility index (Phi) is 4.56. The maximum Gasteiger partial charge on any atom is 0.184 e. The Morgan fingerprint density at radius 1 is 1.43 bits per heavy atom. The number of carboxylic acid groups (broad SMARTS) is 1. The Morgan fingerprint density at radius 2 is 2.19 bits per heavy atom. The van der Waals surface area contributed by atoms with E-state index in [9.17, 15) is 9.90 Å². The van der Waals surface area contributed by atoms with Gasteiger partial charge in [0.25, 0.3) is 0 Å². The first kappa shape index (κ1) is 15.0. The highest BCUT2D eigenvalue weighted by molar-refractivity contribution is 7.80. The van der Waals surface area contributed by atoms with Gasteiger partial charge >= 0.3 is 0 Å². The van der Waals surface area contributed by atoms with E-state index >= 15 is 0 Å². The topological polar surface area (TPSA) is 104 Å². The van der Waals surface area contributed by atoms with Crippen molar-refractivity contribution in [2.75, 3.05) is 0 Å². The Balaban J connectivity index is 2.21. The second-order valence-electron chi connectivity index (χ2n) is 3.92. The number of thiocarbonyl (C=S) groups is 1. The summed E-state index contributed by atoms with van der Waals surface area (Å²) in [7, 11) is 0. The van der Waals surface area contributed by atoms with Crippen molar-refractivity contribution in [3.8, 4) is 11.3 Å². The van der Waals surface area contributed by atoms with E-state index in [-0.39, 0.29) is 15.7 Å². The Bertz CT molecular complexity index is 727. The Labute approximate surface area is 130 Å². The van der Waals surface area contributed by atoms with Crippen LogP contribution >= 0.6 is 23.8 Å². The lowest BCUT2D eigenvalue weighted by Crippen LogP contribution is -2.23. The molecule has 0 atom stereocenters. The normalized spacial score (nSPS) is 10.7. The third-order valence-electron chi connectivity index (χ3n) is 2.47. The largest absolute Gasteiger partial charge is 0.545 e. The number of carboxylic acids is 1. The van der Waals surface area contributed by atoms with Crippen LogP contribution in [0.4, 0.5) is 0 Å². The van der Waals surface area contributed by atoms with Crippen LogP contribution in [0.25, 0.3) is 11.3 Å². The number of hydrazone groups is 1. The lowest BCUT2D eigenvalue weighted by atomic mass is 10.1. The fourth-order valence-electron chi connectivity index (χ4n) is 1.57. The molecule has 108 valence electrons. The summed E-state index contributed by atoms with van der Waals surface area (Å²) in [6, 6.07) is 7.80. The van der Waals surface area contributed by atoms with Gasteiger partial charge in [0.1, 0.15) is 11.5 Å². The monoisotopic (exact) mass is 322 g/mol. The van der Waals surface area contributed by atoms with Gasteiger partial charge in [-0.05, 0) is 30.4 Å². The number of benzene rings is 1. The highest BCUT2D eigenvalue weighted by Gasteiger charge is 2.07. The van der Waals surface area contributed by atoms with Gasteiger partial charge in [-0.3, -0.25) is 5.43 Å². The molecule has 0 amide bonds. The third kappa shape index (κ3) is 3.80. The molecule has 21 heavy (non-hydrogen) atoms. The molecule has 0 aliphatic rings. The predicted molar refractivity (Wildman–Crippen MR) is 81.0 cm³/mol. The van der Waals surface area contributed by atoms with Gasteiger partial charge in [-0.15, -0.1) is 0 Å². The molecule has 8 heteroatoms. The molecule has 0 bridgehead atoms. The zero-order valence-corrected chi connectivity index (χ0v) is 12.1. The van der Waals surface area contributed by atoms with Gasteiger partial charge in [-0.25, -0.2) is 0 Å². The summed E-state index contributed by atoms with van der Waals surface area (Å²) in [5, 5.41) is 14.7. The summed E-state index contributed by atoms with van der Waals surface area (Å²) in [6.45, 7) is 0. The number of nitrogens with one attached hydrogen (secondary N) is 1. The number of halogens is 1. The maximum absolute atomic E-state index is 10.8. The fraction of sp³-hybridized carbons (Fsp3) is 0. The smallest absolute Gasteiger partial charge is 0.184 e. The molecule has 1 aromatic carbocycles. The van der Waals surface area contributed by atoms with Gasteiger partial charge in [0.15, 0.2) is 5.11 Å². The van der Waals surface area contributed by atoms with Crippen LogP contribution in [0.3, 0.4) is 0 Å². The number of nitrogens with zero attached hydrogens (tertiary/aromatic N) is 1. The first-order valence-corrected chi connectivity index (χ1v) is 6.45. The molecular formula is C13H9ClN3O3S-. The van der Waals surface area contributed by atoms with E-state index in [0.29, 0.717) is 17.1 Å². The average Bonchev–Trinajstić information content (AvgIpc) is 2.86. The van der Waals surface area contributed by atoms with Crippen molar-refractivity contribution in [2.45, 2.75) is 0 Å². The number of hydrogen-bond acceptors (Lipinski definition) is 5. The van der Waals surface area contributed by atoms with Crippen molar-refractivity contribution in [1.29, 1.82) is 0 Å². The first-order valence-electron chi connectivity index (χ1n) is 5.67. The third-order valence-corrected chi connectivity index (χ3v) is 2.87. The first-order chi connectivity index (χ1) is 9.97. The number of furan rings is 1. The average molecular weight is 323 g/mol. The molecule has 0 unspecified atom stereocenters. The van der Waals surface area contributed by atoms with Crippen molar-refractivity contribution >= 4 is 41.1 Å². The van der Waals surface area contributed by atoms with Crippen LogP contribution in [-0.2, 0) is 0 Å². The second kappa shape index (κ2) is 6.38. The van der Waals surface area contributed by atoms with E-state index in [1.165, 1.54) is 18.3 Å². The summed E-state index contributed by atoms with van der Waals surface area (Å²) in [4.78, 5) is 10.8. The quantitative estimate of drug-likeness (QED) is 0.497. The van der Waals surface area contributed by atoms with Gasteiger partial charge in [-0.1, -0.05) is 23.7 Å². The van der Waals surface area contributed by atoms with E-state index in [1.807, 2.05) is 0 Å². The molecule has 0 radical (unpaired) electrons. The SMILES string of the molecule is NC(=S)N/N=C\c1ccc(-c2ccc(C(=O)[O-])c(Cl)c2)o1. The van der Waals surface area contributed by atoms with Gasteiger partial charge in [-0.2, -0.15) is 5.10 Å². The standard InChI is InChI=1S/C13H10ClN3O3S/c14-10-5-7(1-3-9(10)12(18)19)11-4-2-8(20-11)6-16-17-13(15)21/h1-6H,(H,18,19)(H3,15,17,21)/p-1/b16-6-. The van der Waals surface area contributed by atoms with Crippen LogP contribution in [0.5, 0.6) is 0 Å². The van der Waals surface area contributed by atoms with Crippen molar-refractivity contribution in [3.05, 3.63) is 46.7 Å². The molecule has 1 heterocycles. The lowest BCUT2D eigenvalue weighted by Gasteiger charge is -2.06. The van der Waals surface area contributed by atoms with Crippen LogP contribution in [0.2, 0.25) is 5.02 Å². The summed E-state index contributed by atoms with van der Waals surface area (Å²) >= 11 is 10.5. The maximum atomic E-state index is 10.8. The van der Waals surface area contributed by atoms with Crippen LogP contribution < -0.4 is 16.3 Å². The number of carbonyl (C=O) groups excluding carboxylic acids is 1. The van der Waals surface area contributed by atoms with Crippen LogP contribution in [0.1, 0.15) is 16.1 Å². The van der Waals surface area contributed by atoms with E-state index in [1.54, 1.807) is 18.2 Å². The van der Waals surface area contributed by atoms with Crippen molar-refractivity contribution in [1.82, 2.24) is 5.43 Å². The summed E-state index contributed by atoms with van der Waals surface area (Å²) in [6.07, 6.45) is 1.40. The fourth-order valence-corrected chi connectivity index (χ4v) is 1.88. The number of aromatic carboxylic acids is 1. The van der Waals surface area contributed by atoms with E-state index in [2.05, 4.69) is 22.7 Å². The minimum atomic E-state index is -1.33. The molecule has 0 saturated carbocycles. The van der Waals surface area contributed by atoms with Crippen LogP contribution in [0.15, 0.2) is 39.9 Å². The van der Waals surface area contributed by atoms with Gasteiger partial charge in [0.2, 0.25) is 0 Å². The molecule has 0 fully saturated rings. The molecule has 2 aromatic rings. The molecule has 1 aromatic heterocycles. The molecule has 3 N–H and O–H groups in total. The van der Waals surface area contributed by atoms with Gasteiger partial charge in [0.05, 0.1) is 17.2 Å². The van der Waals surface area contributed by atoms with Crippen molar-refractivity contribution < 1.29 is 14.3 Å². The Morgan fingerprint density at radius 3 is 2.81 bits per heavy atom. The lowest BCUT2D eigenvalue weighted by molar-refractivity contribution is -0.255. The predicted octanol–water partition coefficient (Wildman–Crippen LogP) is 1.13. The molecule has 0 aliphatic carbocycles. The minimum absolute atomic E-state index is 0.0441. The van der Waals surface area contributed by atoms with E-state index in [4.69, 9.17) is 21.8 Å². The second-order valence-corrected chi connectivity index (χ2v) is 4.77. The summed E-state index contributed by atoms with van der Waals surface area (Å²) in [5.74, 6) is -0.352. The van der Waals surface area contributed by atoms with Crippen molar-refractivity contribution in [2.24, 2.45) is 10.8 Å². The number of nitrogens with two attached hydrogens (primary N) is 1. The molecule has 6 nitrogen and oxygen atoms in total. The highest BCUT2D eigenvalue weighted by Crippen LogP contribution is 2.26. The van der Waals surface area contributed by atoms with Crippen LogP contribution in [-0.4, -0.2) is 17.3 Å². The number of hydrogen-bond donors (Lipinski definition) is 2. The molecule has 0 aliphatic heterocycles. The minimum Gasteiger partial charge on any atom is -0.545 e. The molecule has 0 saturated heterocycles. The number of rotatable bonds is 4. The number of carbonyl (C=O) groups is 1.